The summed E-state index contributed by atoms with van der Waals surface area (Å²) in [4.78, 5) is 17.8. The molecule has 2 aliphatic heterocycles. The van der Waals surface area contributed by atoms with Crippen molar-refractivity contribution in [1.29, 1.82) is 0 Å². The summed E-state index contributed by atoms with van der Waals surface area (Å²) >= 11 is 0. The van der Waals surface area contributed by atoms with E-state index in [1.54, 1.807) is 4.90 Å². The number of carbonyl (C=O) groups is 1. The van der Waals surface area contributed by atoms with Gasteiger partial charge in [-0.25, -0.2) is 8.78 Å². The van der Waals surface area contributed by atoms with Crippen LogP contribution in [0.5, 0.6) is 0 Å². The summed E-state index contributed by atoms with van der Waals surface area (Å²) in [5.74, 6) is -1.36. The normalized spacial score (nSPS) is 20.5. The van der Waals surface area contributed by atoms with Crippen LogP contribution in [-0.2, 0) is 9.63 Å². The molecular formula is C16H20F2N4O2. The molecule has 2 heterocycles. The van der Waals surface area contributed by atoms with Crippen molar-refractivity contribution in [3.05, 3.63) is 29.3 Å². The molecule has 2 aliphatic rings. The molecule has 0 spiro atoms. The number of carbonyl (C=O) groups excluding carboxylic acids is 1. The zero-order chi connectivity index (χ0) is 17.1. The first-order valence-electron chi connectivity index (χ1n) is 7.97. The minimum atomic E-state index is -0.597. The Bertz CT molecular complexity index is 636. The monoisotopic (exact) mass is 338 g/mol. The number of benzene rings is 1. The van der Waals surface area contributed by atoms with Gasteiger partial charge in [0.15, 0.2) is 0 Å². The fourth-order valence-electron chi connectivity index (χ4n) is 2.89. The first-order valence-corrected chi connectivity index (χ1v) is 7.97. The molecule has 0 aliphatic carbocycles. The van der Waals surface area contributed by atoms with Gasteiger partial charge in [-0.3, -0.25) is 4.79 Å². The highest BCUT2D eigenvalue weighted by Gasteiger charge is 2.26. The standard InChI is InChI=1S/C16H20F2N4O2/c1-10(23)20-9-12-8-15(21-24-12)11-6-13(17)16(14(18)7-11)22-4-2-19-3-5-22/h6-7,12,19H,2-5,8-9H2,1H3,(H,20,23)/t12-/m1/s1. The molecule has 0 radical (unpaired) electrons. The number of hydrogen-bond donors (Lipinski definition) is 2. The lowest BCUT2D eigenvalue weighted by atomic mass is 10.0. The Hall–Kier alpha value is -2.22. The van der Waals surface area contributed by atoms with E-state index < -0.39 is 11.6 Å². The summed E-state index contributed by atoms with van der Waals surface area (Å²) in [7, 11) is 0. The first kappa shape index (κ1) is 16.6. The summed E-state index contributed by atoms with van der Waals surface area (Å²) in [5, 5.41) is 9.69. The van der Waals surface area contributed by atoms with Crippen LogP contribution >= 0.6 is 0 Å². The van der Waals surface area contributed by atoms with Crippen molar-refractivity contribution in [1.82, 2.24) is 10.6 Å². The lowest BCUT2D eigenvalue weighted by Crippen LogP contribution is -2.44. The molecule has 24 heavy (non-hydrogen) atoms. The quantitative estimate of drug-likeness (QED) is 0.860. The third-order valence-corrected chi connectivity index (χ3v) is 4.10. The second-order valence-electron chi connectivity index (χ2n) is 5.93. The largest absolute Gasteiger partial charge is 0.390 e. The third-order valence-electron chi connectivity index (χ3n) is 4.10. The molecule has 0 aromatic heterocycles. The number of anilines is 1. The summed E-state index contributed by atoms with van der Waals surface area (Å²) in [5.41, 5.74) is 0.860. The van der Waals surface area contributed by atoms with Crippen LogP contribution in [0.1, 0.15) is 18.9 Å². The summed E-state index contributed by atoms with van der Waals surface area (Å²) in [6, 6.07) is 2.59. The zero-order valence-electron chi connectivity index (χ0n) is 13.4. The number of oxime groups is 1. The van der Waals surface area contributed by atoms with Gasteiger partial charge in [-0.1, -0.05) is 5.16 Å². The van der Waals surface area contributed by atoms with E-state index in [1.165, 1.54) is 19.1 Å². The second-order valence-corrected chi connectivity index (χ2v) is 5.93. The molecule has 1 saturated heterocycles. The maximum Gasteiger partial charge on any atom is 0.217 e. The average molecular weight is 338 g/mol. The third kappa shape index (κ3) is 3.64. The Labute approximate surface area is 138 Å². The number of hydrogen-bond acceptors (Lipinski definition) is 5. The predicted octanol–water partition coefficient (Wildman–Crippen LogP) is 1.00. The lowest BCUT2D eigenvalue weighted by Gasteiger charge is -2.30. The second kappa shape index (κ2) is 7.12. The molecule has 1 atom stereocenters. The molecule has 0 bridgehead atoms. The fourth-order valence-corrected chi connectivity index (χ4v) is 2.89. The molecular weight excluding hydrogens is 318 g/mol. The topological polar surface area (TPSA) is 66.0 Å². The van der Waals surface area contributed by atoms with Gasteiger partial charge in [0.2, 0.25) is 5.91 Å². The van der Waals surface area contributed by atoms with E-state index in [2.05, 4.69) is 15.8 Å². The van der Waals surface area contributed by atoms with Gasteiger partial charge in [-0.2, -0.15) is 0 Å². The van der Waals surface area contributed by atoms with E-state index in [-0.39, 0.29) is 17.7 Å². The number of halogens is 2. The SMILES string of the molecule is CC(=O)NC[C@H]1CC(c2cc(F)c(N3CCNCC3)c(F)c2)=NO1. The van der Waals surface area contributed by atoms with Crippen LogP contribution in [0.25, 0.3) is 0 Å². The number of nitrogens with one attached hydrogen (secondary N) is 2. The average Bonchev–Trinajstić information content (AvgIpc) is 3.02. The highest BCUT2D eigenvalue weighted by atomic mass is 19.1. The first-order chi connectivity index (χ1) is 11.5. The molecule has 0 unspecified atom stereocenters. The highest BCUT2D eigenvalue weighted by Crippen LogP contribution is 2.27. The number of piperazine rings is 1. The van der Waals surface area contributed by atoms with Crippen molar-refractivity contribution >= 4 is 17.3 Å². The van der Waals surface area contributed by atoms with Crippen molar-refractivity contribution in [3.63, 3.8) is 0 Å². The van der Waals surface area contributed by atoms with Crippen molar-refractivity contribution in [3.8, 4) is 0 Å². The summed E-state index contributed by atoms with van der Waals surface area (Å²) in [6.45, 7) is 4.26. The molecule has 1 amide bonds. The van der Waals surface area contributed by atoms with Crippen LogP contribution < -0.4 is 15.5 Å². The van der Waals surface area contributed by atoms with E-state index in [1.807, 2.05) is 0 Å². The van der Waals surface area contributed by atoms with E-state index >= 15 is 0 Å². The maximum absolute atomic E-state index is 14.4. The van der Waals surface area contributed by atoms with E-state index in [0.29, 0.717) is 50.4 Å². The fraction of sp³-hybridized carbons (Fsp3) is 0.500. The van der Waals surface area contributed by atoms with Gasteiger partial charge >= 0.3 is 0 Å². The minimum absolute atomic E-state index is 0.00885. The molecule has 1 fully saturated rings. The molecule has 0 saturated carbocycles. The lowest BCUT2D eigenvalue weighted by molar-refractivity contribution is -0.119. The van der Waals surface area contributed by atoms with Crippen molar-refractivity contribution in [2.75, 3.05) is 37.6 Å². The van der Waals surface area contributed by atoms with Crippen molar-refractivity contribution in [2.45, 2.75) is 19.4 Å². The highest BCUT2D eigenvalue weighted by molar-refractivity contribution is 6.01. The van der Waals surface area contributed by atoms with Gasteiger partial charge in [0.1, 0.15) is 23.4 Å². The molecule has 3 rings (SSSR count). The maximum atomic E-state index is 14.4. The predicted molar refractivity (Wildman–Crippen MR) is 86.2 cm³/mol. The summed E-state index contributed by atoms with van der Waals surface area (Å²) < 4.78 is 28.9. The van der Waals surface area contributed by atoms with Crippen LogP contribution in [0.3, 0.4) is 0 Å². The molecule has 2 N–H and O–H groups in total. The van der Waals surface area contributed by atoms with Crippen LogP contribution in [0, 0.1) is 11.6 Å². The minimum Gasteiger partial charge on any atom is -0.390 e. The van der Waals surface area contributed by atoms with Gasteiger partial charge in [-0.05, 0) is 12.1 Å². The Morgan fingerprint density at radius 2 is 2.04 bits per heavy atom. The van der Waals surface area contributed by atoms with E-state index in [4.69, 9.17) is 4.84 Å². The molecule has 1 aromatic carbocycles. The molecule has 6 nitrogen and oxygen atoms in total. The van der Waals surface area contributed by atoms with Crippen molar-refractivity contribution in [2.24, 2.45) is 5.16 Å². The van der Waals surface area contributed by atoms with E-state index in [0.717, 1.165) is 0 Å². The number of amides is 1. The molecule has 8 heteroatoms. The number of nitrogens with zero attached hydrogens (tertiary/aromatic N) is 2. The van der Waals surface area contributed by atoms with Gasteiger partial charge in [0, 0.05) is 45.1 Å². The Morgan fingerprint density at radius 3 is 2.67 bits per heavy atom. The van der Waals surface area contributed by atoms with Gasteiger partial charge < -0.3 is 20.4 Å². The smallest absolute Gasteiger partial charge is 0.217 e. The Kier molecular flexibility index (Phi) is 4.94. The van der Waals surface area contributed by atoms with Gasteiger partial charge in [0.05, 0.1) is 12.3 Å². The van der Waals surface area contributed by atoms with Crippen molar-refractivity contribution < 1.29 is 18.4 Å². The zero-order valence-corrected chi connectivity index (χ0v) is 13.4. The molecule has 130 valence electrons. The van der Waals surface area contributed by atoms with Crippen LogP contribution in [0.4, 0.5) is 14.5 Å². The van der Waals surface area contributed by atoms with Crippen LogP contribution in [0.15, 0.2) is 17.3 Å². The Morgan fingerprint density at radius 1 is 1.38 bits per heavy atom. The Balaban J connectivity index is 1.72. The van der Waals surface area contributed by atoms with Crippen LogP contribution in [-0.4, -0.2) is 50.4 Å². The van der Waals surface area contributed by atoms with Gasteiger partial charge in [-0.15, -0.1) is 0 Å². The molecule has 1 aromatic rings. The van der Waals surface area contributed by atoms with Crippen LogP contribution in [0.2, 0.25) is 0 Å². The number of rotatable bonds is 4. The summed E-state index contributed by atoms with van der Waals surface area (Å²) in [6.07, 6.45) is 0.0782. The van der Waals surface area contributed by atoms with Gasteiger partial charge in [0.25, 0.3) is 0 Å². The van der Waals surface area contributed by atoms with E-state index in [9.17, 15) is 13.6 Å².